The summed E-state index contributed by atoms with van der Waals surface area (Å²) in [6.45, 7) is 2.96. The number of nitrogens with one attached hydrogen (secondary N) is 2. The number of benzene rings is 1. The highest BCUT2D eigenvalue weighted by Crippen LogP contribution is 2.25. The maximum Gasteiger partial charge on any atom is 0.309 e. The molecule has 2 fully saturated rings. The van der Waals surface area contributed by atoms with E-state index in [0.29, 0.717) is 31.9 Å². The number of hydrogen-bond acceptors (Lipinski definition) is 5. The van der Waals surface area contributed by atoms with E-state index in [0.717, 1.165) is 31.4 Å². The summed E-state index contributed by atoms with van der Waals surface area (Å²) in [5.41, 5.74) is 0.607. The minimum atomic E-state index is -0.610. The maximum atomic E-state index is 14.2. The lowest BCUT2D eigenvalue weighted by Gasteiger charge is -2.39. The molecule has 0 radical (unpaired) electrons. The van der Waals surface area contributed by atoms with Gasteiger partial charge in [0.05, 0.1) is 18.0 Å². The largest absolute Gasteiger partial charge is 0.468 e. The highest BCUT2D eigenvalue weighted by molar-refractivity contribution is 6.35. The van der Waals surface area contributed by atoms with Crippen LogP contribution in [-0.2, 0) is 9.59 Å². The first-order valence-corrected chi connectivity index (χ1v) is 12.0. The van der Waals surface area contributed by atoms with Gasteiger partial charge in [0.15, 0.2) is 0 Å². The van der Waals surface area contributed by atoms with Crippen LogP contribution in [0.1, 0.15) is 50.3 Å². The van der Waals surface area contributed by atoms with Crippen molar-refractivity contribution in [1.29, 1.82) is 0 Å². The van der Waals surface area contributed by atoms with Crippen molar-refractivity contribution in [3.8, 4) is 0 Å². The average Bonchev–Trinajstić information content (AvgIpc) is 3.24. The van der Waals surface area contributed by atoms with Gasteiger partial charge in [0.2, 0.25) is 0 Å². The zero-order valence-electron chi connectivity index (χ0n) is 19.0. The number of para-hydroxylation sites is 1. The third-order valence-electron chi connectivity index (χ3n) is 6.67. The smallest absolute Gasteiger partial charge is 0.309 e. The molecule has 33 heavy (non-hydrogen) atoms. The predicted octanol–water partition coefficient (Wildman–Crippen LogP) is 3.24. The molecule has 178 valence electrons. The molecule has 2 aliphatic rings. The molecule has 2 amide bonds. The van der Waals surface area contributed by atoms with Crippen LogP contribution in [0.3, 0.4) is 0 Å². The number of piperazine rings is 1. The number of nitrogens with zero attached hydrogens (tertiary/aromatic N) is 2. The fourth-order valence-corrected chi connectivity index (χ4v) is 4.82. The van der Waals surface area contributed by atoms with Gasteiger partial charge in [-0.3, -0.25) is 14.5 Å². The Bertz CT molecular complexity index is 904. The van der Waals surface area contributed by atoms with Gasteiger partial charge in [0.25, 0.3) is 0 Å². The van der Waals surface area contributed by atoms with E-state index in [2.05, 4.69) is 15.5 Å². The number of hydrogen-bond donors (Lipinski definition) is 2. The zero-order chi connectivity index (χ0) is 23.0. The first-order valence-electron chi connectivity index (χ1n) is 12.0. The standard InChI is InChI=1S/C25H33FN4O3/c26-20-10-5-6-11-21(20)29-13-15-30(16-14-29)22(23-12-7-17-33-23)18-27-24(31)25(32)28-19-8-3-1-2-4-9-19/h5-7,10-12,17,19,22H,1-4,8-9,13-16,18H2,(H,27,31)(H,28,32)/t22-/m1/s1. The number of carbonyl (C=O) groups is 2. The Kier molecular flexibility index (Phi) is 7.99. The van der Waals surface area contributed by atoms with Gasteiger partial charge in [0.1, 0.15) is 11.6 Å². The monoisotopic (exact) mass is 456 g/mol. The molecule has 1 aliphatic carbocycles. The molecule has 2 aromatic rings. The molecule has 1 saturated heterocycles. The van der Waals surface area contributed by atoms with Crippen LogP contribution in [-0.4, -0.2) is 55.5 Å². The van der Waals surface area contributed by atoms with Crippen LogP contribution in [0.4, 0.5) is 10.1 Å². The van der Waals surface area contributed by atoms with Crippen molar-refractivity contribution >= 4 is 17.5 Å². The highest BCUT2D eigenvalue weighted by atomic mass is 19.1. The molecule has 1 aromatic heterocycles. The molecule has 0 spiro atoms. The second-order valence-corrected chi connectivity index (χ2v) is 8.88. The number of rotatable bonds is 6. The van der Waals surface area contributed by atoms with Gasteiger partial charge >= 0.3 is 11.8 Å². The molecule has 2 N–H and O–H groups in total. The quantitative estimate of drug-likeness (QED) is 0.516. The van der Waals surface area contributed by atoms with E-state index in [1.807, 2.05) is 23.1 Å². The fourth-order valence-electron chi connectivity index (χ4n) is 4.82. The summed E-state index contributed by atoms with van der Waals surface area (Å²) >= 11 is 0. The Labute approximate surface area is 194 Å². The molecule has 0 unspecified atom stereocenters. The predicted molar refractivity (Wildman–Crippen MR) is 124 cm³/mol. The van der Waals surface area contributed by atoms with Gasteiger partial charge in [-0.1, -0.05) is 37.8 Å². The molecule has 0 bridgehead atoms. The van der Waals surface area contributed by atoms with E-state index in [-0.39, 0.29) is 24.4 Å². The number of halogens is 1. The first-order chi connectivity index (χ1) is 16.1. The fraction of sp³-hybridized carbons (Fsp3) is 0.520. The second kappa shape index (κ2) is 11.3. The van der Waals surface area contributed by atoms with Crippen molar-refractivity contribution in [1.82, 2.24) is 15.5 Å². The van der Waals surface area contributed by atoms with Crippen LogP contribution in [0.25, 0.3) is 0 Å². The molecule has 4 rings (SSSR count). The Hall–Kier alpha value is -2.87. The molecule has 1 atom stereocenters. The number of furan rings is 1. The van der Waals surface area contributed by atoms with E-state index in [1.165, 1.54) is 18.9 Å². The van der Waals surface area contributed by atoms with Gasteiger partial charge < -0.3 is 20.0 Å². The summed E-state index contributed by atoms with van der Waals surface area (Å²) in [5, 5.41) is 5.69. The van der Waals surface area contributed by atoms with Crippen molar-refractivity contribution < 1.29 is 18.4 Å². The molecule has 1 saturated carbocycles. The Balaban J connectivity index is 1.33. The number of anilines is 1. The van der Waals surface area contributed by atoms with Gasteiger partial charge in [0, 0.05) is 38.8 Å². The molecule has 7 nitrogen and oxygen atoms in total. The minimum absolute atomic E-state index is 0.0816. The van der Waals surface area contributed by atoms with Gasteiger partial charge in [-0.15, -0.1) is 0 Å². The summed E-state index contributed by atoms with van der Waals surface area (Å²) in [7, 11) is 0. The van der Waals surface area contributed by atoms with Gasteiger partial charge in [-0.25, -0.2) is 4.39 Å². The molecular weight excluding hydrogens is 423 g/mol. The van der Waals surface area contributed by atoms with Crippen LogP contribution in [0.15, 0.2) is 47.1 Å². The molecule has 1 aliphatic heterocycles. The van der Waals surface area contributed by atoms with E-state index in [4.69, 9.17) is 4.42 Å². The Morgan fingerprint density at radius 3 is 2.36 bits per heavy atom. The molecule has 2 heterocycles. The number of carbonyl (C=O) groups excluding carboxylic acids is 2. The SMILES string of the molecule is O=C(NC[C@H](c1ccco1)N1CCN(c2ccccc2F)CC1)C(=O)NC1CCCCCC1. The van der Waals surface area contributed by atoms with E-state index in [1.54, 1.807) is 18.4 Å². The lowest BCUT2D eigenvalue weighted by atomic mass is 10.1. The summed E-state index contributed by atoms with van der Waals surface area (Å²) in [5.74, 6) is -0.662. The topological polar surface area (TPSA) is 77.8 Å². The van der Waals surface area contributed by atoms with Crippen LogP contribution in [0, 0.1) is 5.82 Å². The third kappa shape index (κ3) is 6.13. The molecular formula is C25H33FN4O3. The lowest BCUT2D eigenvalue weighted by Crippen LogP contribution is -2.51. The third-order valence-corrected chi connectivity index (χ3v) is 6.67. The molecule has 1 aromatic carbocycles. The maximum absolute atomic E-state index is 14.2. The van der Waals surface area contributed by atoms with Crippen LogP contribution < -0.4 is 15.5 Å². The highest BCUT2D eigenvalue weighted by Gasteiger charge is 2.29. The summed E-state index contributed by atoms with van der Waals surface area (Å²) in [4.78, 5) is 29.2. The zero-order valence-corrected chi connectivity index (χ0v) is 19.0. The van der Waals surface area contributed by atoms with Crippen molar-refractivity contribution in [2.24, 2.45) is 0 Å². The van der Waals surface area contributed by atoms with Crippen molar-refractivity contribution in [2.75, 3.05) is 37.6 Å². The van der Waals surface area contributed by atoms with Gasteiger partial charge in [-0.05, 0) is 37.1 Å². The van der Waals surface area contributed by atoms with Crippen LogP contribution in [0.2, 0.25) is 0 Å². The number of amides is 2. The first kappa shape index (κ1) is 23.3. The summed E-state index contributed by atoms with van der Waals surface area (Å²) < 4.78 is 19.8. The van der Waals surface area contributed by atoms with Crippen LogP contribution >= 0.6 is 0 Å². The summed E-state index contributed by atoms with van der Waals surface area (Å²) in [6, 6.07) is 10.4. The average molecular weight is 457 g/mol. The van der Waals surface area contributed by atoms with Crippen LogP contribution in [0.5, 0.6) is 0 Å². The van der Waals surface area contributed by atoms with E-state index < -0.39 is 11.8 Å². The lowest BCUT2D eigenvalue weighted by molar-refractivity contribution is -0.139. The van der Waals surface area contributed by atoms with E-state index >= 15 is 0 Å². The van der Waals surface area contributed by atoms with Gasteiger partial charge in [-0.2, -0.15) is 0 Å². The van der Waals surface area contributed by atoms with Crippen molar-refractivity contribution in [2.45, 2.75) is 50.6 Å². The Morgan fingerprint density at radius 1 is 0.970 bits per heavy atom. The molecule has 8 heteroatoms. The van der Waals surface area contributed by atoms with E-state index in [9.17, 15) is 14.0 Å². The normalized spacial score (nSPS) is 19.0. The Morgan fingerprint density at radius 2 is 1.70 bits per heavy atom. The summed E-state index contributed by atoms with van der Waals surface area (Å²) in [6.07, 6.45) is 8.03. The minimum Gasteiger partial charge on any atom is -0.468 e. The second-order valence-electron chi connectivity index (χ2n) is 8.88. The van der Waals surface area contributed by atoms with Crippen molar-refractivity contribution in [3.63, 3.8) is 0 Å². The van der Waals surface area contributed by atoms with Crippen molar-refractivity contribution in [3.05, 3.63) is 54.2 Å².